The van der Waals surface area contributed by atoms with Gasteiger partial charge in [-0.1, -0.05) is 18.9 Å². The fourth-order valence-corrected chi connectivity index (χ4v) is 3.30. The lowest BCUT2D eigenvalue weighted by atomic mass is 9.78. The second kappa shape index (κ2) is 4.12. The third-order valence-corrected chi connectivity index (χ3v) is 4.56. The summed E-state index contributed by atoms with van der Waals surface area (Å²) in [4.78, 5) is 11.6. The van der Waals surface area contributed by atoms with E-state index >= 15 is 0 Å². The molecule has 2 aromatic rings. The van der Waals surface area contributed by atoms with Crippen LogP contribution in [0.3, 0.4) is 0 Å². The highest BCUT2D eigenvalue weighted by atomic mass is 79.9. The quantitative estimate of drug-likeness (QED) is 0.909. The zero-order chi connectivity index (χ0) is 12.8. The van der Waals surface area contributed by atoms with E-state index in [-0.39, 0.29) is 0 Å². The molecule has 1 saturated carbocycles. The van der Waals surface area contributed by atoms with Gasteiger partial charge in [-0.05, 0) is 46.5 Å². The summed E-state index contributed by atoms with van der Waals surface area (Å²) in [6, 6.07) is 5.69. The van der Waals surface area contributed by atoms with E-state index in [1.54, 1.807) is 6.26 Å². The molecule has 1 fully saturated rings. The molecule has 0 aliphatic heterocycles. The monoisotopic (exact) mass is 308 g/mol. The lowest BCUT2D eigenvalue weighted by Gasteiger charge is -2.24. The molecular weight excluding hydrogens is 296 g/mol. The first-order chi connectivity index (χ1) is 8.63. The maximum Gasteiger partial charge on any atom is 0.314 e. The second-order valence-electron chi connectivity index (χ2n) is 4.89. The third kappa shape index (κ3) is 1.59. The van der Waals surface area contributed by atoms with Gasteiger partial charge >= 0.3 is 5.97 Å². The first-order valence-corrected chi connectivity index (χ1v) is 6.83. The summed E-state index contributed by atoms with van der Waals surface area (Å²) < 4.78 is 6.24. The zero-order valence-electron chi connectivity index (χ0n) is 9.78. The van der Waals surface area contributed by atoms with Crippen LogP contribution in [0.4, 0.5) is 0 Å². The Morgan fingerprint density at radius 2 is 2.06 bits per heavy atom. The Kier molecular flexibility index (Phi) is 2.70. The molecule has 0 radical (unpaired) electrons. The predicted molar refractivity (Wildman–Crippen MR) is 71.7 cm³/mol. The molecule has 0 atom stereocenters. The van der Waals surface area contributed by atoms with Crippen molar-refractivity contribution >= 4 is 32.9 Å². The Morgan fingerprint density at radius 3 is 2.72 bits per heavy atom. The fourth-order valence-electron chi connectivity index (χ4n) is 2.90. The van der Waals surface area contributed by atoms with Gasteiger partial charge in [-0.15, -0.1) is 0 Å². The molecule has 1 aliphatic rings. The van der Waals surface area contributed by atoms with E-state index in [4.69, 9.17) is 4.42 Å². The molecule has 1 N–H and O–H groups in total. The van der Waals surface area contributed by atoms with E-state index in [0.717, 1.165) is 46.7 Å². The number of hydrogen-bond donors (Lipinski definition) is 1. The Hall–Kier alpha value is -1.29. The van der Waals surface area contributed by atoms with Crippen LogP contribution in [0.2, 0.25) is 0 Å². The number of halogens is 1. The van der Waals surface area contributed by atoms with E-state index in [0.29, 0.717) is 0 Å². The van der Waals surface area contributed by atoms with E-state index < -0.39 is 11.4 Å². The SMILES string of the molecule is O=C(O)C1(c2ccc3occ(Br)c3c2)CCCC1. The highest BCUT2D eigenvalue weighted by molar-refractivity contribution is 9.10. The average molecular weight is 309 g/mol. The van der Waals surface area contributed by atoms with Crippen LogP contribution < -0.4 is 0 Å². The van der Waals surface area contributed by atoms with Gasteiger partial charge in [0.1, 0.15) is 11.8 Å². The van der Waals surface area contributed by atoms with Crippen molar-refractivity contribution in [3.63, 3.8) is 0 Å². The van der Waals surface area contributed by atoms with Gasteiger partial charge in [0.05, 0.1) is 9.89 Å². The molecule has 1 aliphatic carbocycles. The molecule has 1 heterocycles. The van der Waals surface area contributed by atoms with Gasteiger partial charge in [-0.3, -0.25) is 4.79 Å². The van der Waals surface area contributed by atoms with Gasteiger partial charge in [0.15, 0.2) is 0 Å². The number of benzene rings is 1. The first-order valence-electron chi connectivity index (χ1n) is 6.04. The van der Waals surface area contributed by atoms with Crippen molar-refractivity contribution in [3.05, 3.63) is 34.5 Å². The summed E-state index contributed by atoms with van der Waals surface area (Å²) in [7, 11) is 0. The number of aliphatic carboxylic acids is 1. The maximum atomic E-state index is 11.6. The van der Waals surface area contributed by atoms with Crippen LogP contribution >= 0.6 is 15.9 Å². The Bertz CT molecular complexity index is 609. The summed E-state index contributed by atoms with van der Waals surface area (Å²) in [6.45, 7) is 0. The summed E-state index contributed by atoms with van der Waals surface area (Å²) in [5.74, 6) is -0.709. The molecule has 0 amide bonds. The topological polar surface area (TPSA) is 50.4 Å². The number of furan rings is 1. The summed E-state index contributed by atoms with van der Waals surface area (Å²) in [5, 5.41) is 10.5. The maximum absolute atomic E-state index is 11.6. The molecule has 1 aromatic carbocycles. The van der Waals surface area contributed by atoms with Crippen molar-refractivity contribution in [2.45, 2.75) is 31.1 Å². The van der Waals surface area contributed by atoms with Gasteiger partial charge in [0.2, 0.25) is 0 Å². The molecule has 18 heavy (non-hydrogen) atoms. The largest absolute Gasteiger partial charge is 0.481 e. The van der Waals surface area contributed by atoms with E-state index in [2.05, 4.69) is 15.9 Å². The fraction of sp³-hybridized carbons (Fsp3) is 0.357. The molecule has 0 bridgehead atoms. The molecule has 94 valence electrons. The number of carbonyl (C=O) groups is 1. The summed E-state index contributed by atoms with van der Waals surface area (Å²) in [6.07, 6.45) is 5.05. The van der Waals surface area contributed by atoms with Gasteiger partial charge < -0.3 is 9.52 Å². The number of carboxylic acid groups (broad SMARTS) is 1. The molecule has 4 heteroatoms. The van der Waals surface area contributed by atoms with Crippen molar-refractivity contribution in [2.75, 3.05) is 0 Å². The average Bonchev–Trinajstić information content (AvgIpc) is 2.97. The minimum Gasteiger partial charge on any atom is -0.481 e. The third-order valence-electron chi connectivity index (χ3n) is 3.95. The van der Waals surface area contributed by atoms with Crippen molar-refractivity contribution in [2.24, 2.45) is 0 Å². The summed E-state index contributed by atoms with van der Waals surface area (Å²) >= 11 is 3.42. The van der Waals surface area contributed by atoms with E-state index in [9.17, 15) is 9.90 Å². The predicted octanol–water partition coefficient (Wildman–Crippen LogP) is 4.09. The summed E-state index contributed by atoms with van der Waals surface area (Å²) in [5.41, 5.74) is 0.969. The Labute approximate surface area is 113 Å². The van der Waals surface area contributed by atoms with Crippen molar-refractivity contribution in [1.29, 1.82) is 0 Å². The van der Waals surface area contributed by atoms with Gasteiger partial charge in [-0.25, -0.2) is 0 Å². The van der Waals surface area contributed by atoms with Crippen LogP contribution in [0.1, 0.15) is 31.2 Å². The minimum atomic E-state index is -0.709. The number of carboxylic acids is 1. The molecular formula is C14H13BrO3. The molecule has 3 nitrogen and oxygen atoms in total. The van der Waals surface area contributed by atoms with Crippen LogP contribution in [0, 0.1) is 0 Å². The van der Waals surface area contributed by atoms with Gasteiger partial charge in [-0.2, -0.15) is 0 Å². The molecule has 0 unspecified atom stereocenters. The van der Waals surface area contributed by atoms with Crippen molar-refractivity contribution < 1.29 is 14.3 Å². The number of hydrogen-bond acceptors (Lipinski definition) is 2. The molecule has 0 saturated heterocycles. The smallest absolute Gasteiger partial charge is 0.314 e. The number of rotatable bonds is 2. The van der Waals surface area contributed by atoms with Crippen LogP contribution in [0.5, 0.6) is 0 Å². The molecule has 1 aromatic heterocycles. The van der Waals surface area contributed by atoms with Crippen molar-refractivity contribution in [1.82, 2.24) is 0 Å². The van der Waals surface area contributed by atoms with Gasteiger partial charge in [0.25, 0.3) is 0 Å². The lowest BCUT2D eigenvalue weighted by molar-refractivity contribution is -0.143. The lowest BCUT2D eigenvalue weighted by Crippen LogP contribution is -2.32. The van der Waals surface area contributed by atoms with Crippen LogP contribution in [-0.2, 0) is 10.2 Å². The highest BCUT2D eigenvalue weighted by Gasteiger charge is 2.43. The second-order valence-corrected chi connectivity index (χ2v) is 5.74. The normalized spacial score (nSPS) is 18.3. The van der Waals surface area contributed by atoms with E-state index in [1.165, 1.54) is 0 Å². The highest BCUT2D eigenvalue weighted by Crippen LogP contribution is 2.42. The standard InChI is InChI=1S/C14H13BrO3/c15-11-8-18-12-4-3-9(7-10(11)12)14(13(16)17)5-1-2-6-14/h3-4,7-8H,1-2,5-6H2,(H,16,17). The minimum absolute atomic E-state index is 0.703. The van der Waals surface area contributed by atoms with Crippen LogP contribution in [-0.4, -0.2) is 11.1 Å². The first kappa shape index (κ1) is 11.8. The van der Waals surface area contributed by atoms with Crippen LogP contribution in [0.15, 0.2) is 33.4 Å². The molecule has 3 rings (SSSR count). The van der Waals surface area contributed by atoms with Crippen molar-refractivity contribution in [3.8, 4) is 0 Å². The number of fused-ring (bicyclic) bond motifs is 1. The van der Waals surface area contributed by atoms with E-state index in [1.807, 2.05) is 18.2 Å². The van der Waals surface area contributed by atoms with Crippen LogP contribution in [0.25, 0.3) is 11.0 Å². The Morgan fingerprint density at radius 1 is 1.33 bits per heavy atom. The van der Waals surface area contributed by atoms with Gasteiger partial charge in [0, 0.05) is 5.39 Å². The zero-order valence-corrected chi connectivity index (χ0v) is 11.4. The molecule has 0 spiro atoms. The Balaban J connectivity index is 2.17.